The van der Waals surface area contributed by atoms with Crippen LogP contribution in [0, 0.1) is 5.82 Å². The molecule has 0 saturated carbocycles. The van der Waals surface area contributed by atoms with Crippen molar-refractivity contribution in [1.82, 2.24) is 10.2 Å². The third-order valence-corrected chi connectivity index (χ3v) is 4.87. The van der Waals surface area contributed by atoms with Crippen molar-refractivity contribution in [2.75, 3.05) is 39.4 Å². The van der Waals surface area contributed by atoms with Crippen LogP contribution in [0.15, 0.2) is 24.3 Å². The van der Waals surface area contributed by atoms with Crippen molar-refractivity contribution in [1.29, 1.82) is 0 Å². The highest BCUT2D eigenvalue weighted by molar-refractivity contribution is 5.85. The Morgan fingerprint density at radius 3 is 2.48 bits per heavy atom. The van der Waals surface area contributed by atoms with Gasteiger partial charge in [0.15, 0.2) is 0 Å². The number of carbonyl (C=O) groups is 1. The van der Waals surface area contributed by atoms with E-state index in [2.05, 4.69) is 10.2 Å². The van der Waals surface area contributed by atoms with Gasteiger partial charge in [0.2, 0.25) is 5.91 Å². The van der Waals surface area contributed by atoms with Gasteiger partial charge in [0.05, 0.1) is 25.4 Å². The number of hydrogen-bond acceptors (Lipinski definition) is 5. The summed E-state index contributed by atoms with van der Waals surface area (Å²) < 4.78 is 24.3. The second-order valence-corrected chi connectivity index (χ2v) is 6.52. The Morgan fingerprint density at radius 1 is 1.22 bits per heavy atom. The molecule has 6 nitrogen and oxygen atoms in total. The summed E-state index contributed by atoms with van der Waals surface area (Å²) in [6, 6.07) is 6.45. The topological polar surface area (TPSA) is 76.8 Å². The van der Waals surface area contributed by atoms with Gasteiger partial charge in [-0.05, 0) is 30.5 Å². The monoisotopic (exact) mass is 423 g/mol. The van der Waals surface area contributed by atoms with Crippen molar-refractivity contribution in [2.45, 2.75) is 31.1 Å². The van der Waals surface area contributed by atoms with Gasteiger partial charge in [0.1, 0.15) is 11.9 Å². The number of nitrogens with two attached hydrogens (primary N) is 1. The molecule has 0 aliphatic carbocycles. The summed E-state index contributed by atoms with van der Waals surface area (Å²) in [4.78, 5) is 14.7. The van der Waals surface area contributed by atoms with Crippen molar-refractivity contribution >= 4 is 30.7 Å². The maximum atomic E-state index is 13.3. The number of benzene rings is 1. The van der Waals surface area contributed by atoms with Crippen LogP contribution in [-0.2, 0) is 14.3 Å². The molecule has 2 saturated heterocycles. The molecule has 3 N–H and O–H groups in total. The Morgan fingerprint density at radius 2 is 1.89 bits per heavy atom. The Labute approximate surface area is 171 Å². The molecule has 3 rings (SSSR count). The molecule has 2 aliphatic rings. The summed E-state index contributed by atoms with van der Waals surface area (Å²) in [5.74, 6) is -0.364. The number of nitrogens with one attached hydrogen (secondary N) is 1. The predicted octanol–water partition coefficient (Wildman–Crippen LogP) is 1.67. The average molecular weight is 424 g/mol. The van der Waals surface area contributed by atoms with E-state index in [-0.39, 0.29) is 48.7 Å². The predicted molar refractivity (Wildman–Crippen MR) is 106 cm³/mol. The summed E-state index contributed by atoms with van der Waals surface area (Å²) in [7, 11) is 0. The van der Waals surface area contributed by atoms with Crippen LogP contribution in [0.3, 0.4) is 0 Å². The third kappa shape index (κ3) is 6.55. The molecular weight excluding hydrogens is 396 g/mol. The fraction of sp³-hybridized carbons (Fsp3) is 0.611. The Balaban J connectivity index is 0.00000182. The zero-order chi connectivity index (χ0) is 17.6. The first-order valence-corrected chi connectivity index (χ1v) is 8.88. The van der Waals surface area contributed by atoms with Crippen LogP contribution in [0.5, 0.6) is 0 Å². The van der Waals surface area contributed by atoms with Crippen LogP contribution in [0.4, 0.5) is 4.39 Å². The molecule has 2 aliphatic heterocycles. The molecule has 1 amide bonds. The van der Waals surface area contributed by atoms with Crippen molar-refractivity contribution in [3.8, 4) is 0 Å². The van der Waals surface area contributed by atoms with Crippen LogP contribution in [0.2, 0.25) is 0 Å². The van der Waals surface area contributed by atoms with E-state index in [0.29, 0.717) is 32.7 Å². The SMILES string of the molecule is Cl.Cl.NC[C@H]1CC[C@@H](C(=O)NCC(c2ccc(F)cc2)N2CCOCC2)O1. The van der Waals surface area contributed by atoms with E-state index in [9.17, 15) is 9.18 Å². The molecular formula is C18H28Cl2FN3O3. The van der Waals surface area contributed by atoms with E-state index < -0.39 is 6.10 Å². The molecule has 2 heterocycles. The van der Waals surface area contributed by atoms with Gasteiger partial charge in [-0.3, -0.25) is 9.69 Å². The molecule has 27 heavy (non-hydrogen) atoms. The number of morpholine rings is 1. The Hall–Kier alpha value is -0.960. The van der Waals surface area contributed by atoms with Gasteiger partial charge in [-0.15, -0.1) is 24.8 Å². The van der Waals surface area contributed by atoms with Crippen LogP contribution in [0.1, 0.15) is 24.4 Å². The van der Waals surface area contributed by atoms with Crippen molar-refractivity contribution in [2.24, 2.45) is 5.73 Å². The standard InChI is InChI=1S/C18H26FN3O3.2ClH/c19-14-3-1-13(2-4-14)16(22-7-9-24-10-8-22)12-21-18(23)17-6-5-15(11-20)25-17;;/h1-4,15-17H,5-12,20H2,(H,21,23);2*1H/t15-,16?,17+;;/m1../s1. The molecule has 2 fully saturated rings. The summed E-state index contributed by atoms with van der Waals surface area (Å²) in [5, 5.41) is 3.00. The lowest BCUT2D eigenvalue weighted by Gasteiger charge is -2.35. The summed E-state index contributed by atoms with van der Waals surface area (Å²) >= 11 is 0. The van der Waals surface area contributed by atoms with Gasteiger partial charge in [0.25, 0.3) is 0 Å². The summed E-state index contributed by atoms with van der Waals surface area (Å²) in [6.45, 7) is 3.79. The number of rotatable bonds is 6. The number of ether oxygens (including phenoxy) is 2. The molecule has 1 aromatic rings. The zero-order valence-electron chi connectivity index (χ0n) is 15.1. The first-order valence-electron chi connectivity index (χ1n) is 8.88. The zero-order valence-corrected chi connectivity index (χ0v) is 16.8. The second-order valence-electron chi connectivity index (χ2n) is 6.52. The molecule has 0 radical (unpaired) electrons. The van der Waals surface area contributed by atoms with Crippen molar-refractivity contribution < 1.29 is 18.7 Å². The quantitative estimate of drug-likeness (QED) is 0.727. The smallest absolute Gasteiger partial charge is 0.249 e. The Kier molecular flexibility index (Phi) is 10.5. The minimum atomic E-state index is -0.424. The number of hydrogen-bond donors (Lipinski definition) is 2. The number of amides is 1. The molecule has 9 heteroatoms. The van der Waals surface area contributed by atoms with E-state index >= 15 is 0 Å². The average Bonchev–Trinajstić information content (AvgIpc) is 3.13. The van der Waals surface area contributed by atoms with Crippen LogP contribution in [0.25, 0.3) is 0 Å². The van der Waals surface area contributed by atoms with Gasteiger partial charge >= 0.3 is 0 Å². The van der Waals surface area contributed by atoms with E-state index in [1.807, 2.05) is 0 Å². The molecule has 0 spiro atoms. The highest BCUT2D eigenvalue weighted by atomic mass is 35.5. The lowest BCUT2D eigenvalue weighted by molar-refractivity contribution is -0.132. The molecule has 154 valence electrons. The highest BCUT2D eigenvalue weighted by Crippen LogP contribution is 2.23. The second kappa shape index (κ2) is 11.8. The highest BCUT2D eigenvalue weighted by Gasteiger charge is 2.31. The lowest BCUT2D eigenvalue weighted by Crippen LogP contribution is -2.45. The third-order valence-electron chi connectivity index (χ3n) is 4.87. The first kappa shape index (κ1) is 24.1. The molecule has 1 aromatic carbocycles. The van der Waals surface area contributed by atoms with Crippen LogP contribution < -0.4 is 11.1 Å². The minimum Gasteiger partial charge on any atom is -0.379 e. The van der Waals surface area contributed by atoms with Gasteiger partial charge < -0.3 is 20.5 Å². The molecule has 3 atom stereocenters. The van der Waals surface area contributed by atoms with Gasteiger partial charge in [-0.25, -0.2) is 4.39 Å². The largest absolute Gasteiger partial charge is 0.379 e. The first-order chi connectivity index (χ1) is 12.2. The van der Waals surface area contributed by atoms with E-state index in [4.69, 9.17) is 15.2 Å². The number of halogens is 3. The molecule has 0 bridgehead atoms. The van der Waals surface area contributed by atoms with Crippen molar-refractivity contribution in [3.05, 3.63) is 35.6 Å². The molecule has 1 unspecified atom stereocenters. The van der Waals surface area contributed by atoms with Crippen LogP contribution >= 0.6 is 24.8 Å². The van der Waals surface area contributed by atoms with Gasteiger partial charge in [-0.2, -0.15) is 0 Å². The fourth-order valence-electron chi connectivity index (χ4n) is 3.41. The summed E-state index contributed by atoms with van der Waals surface area (Å²) in [5.41, 5.74) is 6.58. The Bertz CT molecular complexity index is 573. The van der Waals surface area contributed by atoms with E-state index in [1.54, 1.807) is 12.1 Å². The lowest BCUT2D eigenvalue weighted by atomic mass is 10.0. The maximum Gasteiger partial charge on any atom is 0.249 e. The molecule has 0 aromatic heterocycles. The van der Waals surface area contributed by atoms with Crippen molar-refractivity contribution in [3.63, 3.8) is 0 Å². The van der Waals surface area contributed by atoms with Gasteiger partial charge in [-0.1, -0.05) is 12.1 Å². The van der Waals surface area contributed by atoms with E-state index in [1.165, 1.54) is 12.1 Å². The summed E-state index contributed by atoms with van der Waals surface area (Å²) in [6.07, 6.45) is 1.07. The maximum absolute atomic E-state index is 13.3. The van der Waals surface area contributed by atoms with Crippen LogP contribution in [-0.4, -0.2) is 62.4 Å². The normalized spacial score (nSPS) is 23.8. The fourth-order valence-corrected chi connectivity index (χ4v) is 3.41. The number of carbonyl (C=O) groups excluding carboxylic acids is 1. The number of nitrogens with zero attached hydrogens (tertiary/aromatic N) is 1. The van der Waals surface area contributed by atoms with E-state index in [0.717, 1.165) is 25.1 Å². The minimum absolute atomic E-state index is 0. The van der Waals surface area contributed by atoms with Gasteiger partial charge in [0, 0.05) is 26.2 Å².